The van der Waals surface area contributed by atoms with Crippen LogP contribution in [0.2, 0.25) is 0 Å². The van der Waals surface area contributed by atoms with Gasteiger partial charge in [-0.15, -0.1) is 11.8 Å². The maximum absolute atomic E-state index is 6.78. The number of rotatable bonds is 0. The van der Waals surface area contributed by atoms with Crippen LogP contribution < -0.4 is 58.2 Å². The summed E-state index contributed by atoms with van der Waals surface area (Å²) in [6.07, 6.45) is 1.83. The fourth-order valence-electron chi connectivity index (χ4n) is 0.0913. The Bertz CT molecular complexity index is 64.0. The van der Waals surface area contributed by atoms with Crippen molar-refractivity contribution in [1.29, 1.82) is 0 Å². The van der Waals surface area contributed by atoms with Crippen molar-refractivity contribution >= 4 is 16.9 Å². The van der Waals surface area contributed by atoms with Gasteiger partial charge >= 0.3 is 58.2 Å². The standard InChI is InChI=1S/C3H7N2S.Rb/c1-5-3(4)6-2;/h1-2H3,(H-,4,5);/q-1;+1. The molecule has 0 saturated heterocycles. The second-order valence-electron chi connectivity index (χ2n) is 0.733. The summed E-state index contributed by atoms with van der Waals surface area (Å²) in [5, 5.41) is 0.384. The molecule has 0 atom stereocenters. The second kappa shape index (κ2) is 7.63. The molecule has 0 unspecified atom stereocenters. The minimum atomic E-state index is 0. The predicted octanol–water partition coefficient (Wildman–Crippen LogP) is -1.61. The van der Waals surface area contributed by atoms with Crippen LogP contribution in [0.15, 0.2) is 4.99 Å². The molecule has 0 amide bonds. The predicted molar refractivity (Wildman–Crippen MR) is 31.2 cm³/mol. The zero-order chi connectivity index (χ0) is 4.99. The monoisotopic (exact) mass is 188 g/mol. The maximum Gasteiger partial charge on any atom is 1.00 e. The molecule has 0 aliphatic heterocycles. The van der Waals surface area contributed by atoms with E-state index in [4.69, 9.17) is 5.73 Å². The van der Waals surface area contributed by atoms with Crippen molar-refractivity contribution in [1.82, 2.24) is 0 Å². The summed E-state index contributed by atoms with van der Waals surface area (Å²) in [6, 6.07) is 0. The summed E-state index contributed by atoms with van der Waals surface area (Å²) in [5.41, 5.74) is 6.78. The zero-order valence-electron chi connectivity index (χ0n) is 4.86. The molecule has 0 aliphatic rings. The van der Waals surface area contributed by atoms with Crippen molar-refractivity contribution < 1.29 is 58.2 Å². The van der Waals surface area contributed by atoms with Crippen LogP contribution in [0.5, 0.6) is 0 Å². The van der Waals surface area contributed by atoms with Gasteiger partial charge in [-0.25, -0.2) is 0 Å². The summed E-state index contributed by atoms with van der Waals surface area (Å²) in [5.74, 6) is 0. The number of thioether (sulfide) groups is 1. The van der Waals surface area contributed by atoms with Gasteiger partial charge in [0.2, 0.25) is 0 Å². The van der Waals surface area contributed by atoms with Crippen LogP contribution in [0.3, 0.4) is 0 Å². The molecule has 1 N–H and O–H groups in total. The van der Waals surface area contributed by atoms with Crippen LogP contribution in [0, 0.1) is 0 Å². The van der Waals surface area contributed by atoms with Crippen molar-refractivity contribution in [3.63, 3.8) is 0 Å². The zero-order valence-corrected chi connectivity index (χ0v) is 10.6. The van der Waals surface area contributed by atoms with Gasteiger partial charge in [0, 0.05) is 0 Å². The summed E-state index contributed by atoms with van der Waals surface area (Å²) in [6.45, 7) is 0. The fourth-order valence-corrected chi connectivity index (χ4v) is 0.274. The number of hydrogen-bond acceptors (Lipinski definition) is 2. The molecule has 7 heavy (non-hydrogen) atoms. The van der Waals surface area contributed by atoms with Gasteiger partial charge in [-0.3, -0.25) is 0 Å². The second-order valence-corrected chi connectivity index (χ2v) is 1.53. The van der Waals surface area contributed by atoms with E-state index in [-0.39, 0.29) is 58.2 Å². The van der Waals surface area contributed by atoms with Gasteiger partial charge in [0.25, 0.3) is 0 Å². The fraction of sp³-hybridized carbons (Fsp3) is 0.667. The molecule has 0 aromatic carbocycles. The van der Waals surface area contributed by atoms with E-state index in [1.165, 1.54) is 11.8 Å². The topological polar surface area (TPSA) is 36.2 Å². The van der Waals surface area contributed by atoms with Gasteiger partial charge in [-0.05, 0) is 11.4 Å². The molecular weight excluding hydrogens is 182 g/mol. The molecule has 0 spiro atoms. The summed E-state index contributed by atoms with van der Waals surface area (Å²) >= 11 is 1.34. The van der Waals surface area contributed by atoms with Gasteiger partial charge in [0.05, 0.1) is 0 Å². The Balaban J connectivity index is 0. The molecule has 4 heteroatoms. The third-order valence-corrected chi connectivity index (χ3v) is 0.966. The van der Waals surface area contributed by atoms with Gasteiger partial charge < -0.3 is 10.7 Å². The molecule has 0 aliphatic carbocycles. The molecular formula is C3H7N2RbS. The van der Waals surface area contributed by atoms with Crippen LogP contribution in [0.4, 0.5) is 0 Å². The average Bonchev–Trinajstić information content (AvgIpc) is 1.65. The van der Waals surface area contributed by atoms with E-state index in [0.29, 0.717) is 5.17 Å². The SMILES string of the molecule is CN=C([NH-])SC.[Rb+]. The molecule has 0 rings (SSSR count). The van der Waals surface area contributed by atoms with Crippen molar-refractivity contribution in [2.75, 3.05) is 13.3 Å². The Morgan fingerprint density at radius 1 is 1.71 bits per heavy atom. The smallest absolute Gasteiger partial charge is 0.477 e. The summed E-state index contributed by atoms with van der Waals surface area (Å²) < 4.78 is 0. The van der Waals surface area contributed by atoms with Gasteiger partial charge in [0.1, 0.15) is 0 Å². The number of hydrogen-bond donors (Lipinski definition) is 0. The minimum absolute atomic E-state index is 0. The van der Waals surface area contributed by atoms with Crippen LogP contribution in [-0.2, 0) is 0 Å². The first-order valence-electron chi connectivity index (χ1n) is 1.53. The average molecular weight is 189 g/mol. The Morgan fingerprint density at radius 3 is 2.14 bits per heavy atom. The first kappa shape index (κ1) is 11.4. The molecule has 0 aromatic heterocycles. The molecule has 0 heterocycles. The number of amidine groups is 1. The molecule has 0 fully saturated rings. The molecule has 0 saturated carbocycles. The van der Waals surface area contributed by atoms with E-state index in [1.807, 2.05) is 6.26 Å². The van der Waals surface area contributed by atoms with Gasteiger partial charge in [-0.2, -0.15) is 0 Å². The van der Waals surface area contributed by atoms with Crippen LogP contribution in [0.1, 0.15) is 0 Å². The Kier molecular flexibility index (Phi) is 12.4. The molecule has 2 nitrogen and oxygen atoms in total. The van der Waals surface area contributed by atoms with E-state index < -0.39 is 0 Å². The third-order valence-electron chi connectivity index (χ3n) is 0.396. The number of nitrogens with one attached hydrogen (secondary N) is 1. The number of aliphatic imine (C=N–C) groups is 1. The Labute approximate surface area is 97.1 Å². The van der Waals surface area contributed by atoms with Crippen molar-refractivity contribution in [2.24, 2.45) is 4.99 Å². The summed E-state index contributed by atoms with van der Waals surface area (Å²) in [7, 11) is 1.61. The molecule has 36 valence electrons. The van der Waals surface area contributed by atoms with Crippen LogP contribution in [-0.4, -0.2) is 18.5 Å². The quantitative estimate of drug-likeness (QED) is 0.333. The van der Waals surface area contributed by atoms with Crippen LogP contribution in [0.25, 0.3) is 5.73 Å². The van der Waals surface area contributed by atoms with Crippen molar-refractivity contribution in [3.05, 3.63) is 5.73 Å². The largest absolute Gasteiger partial charge is 1.00 e. The minimum Gasteiger partial charge on any atom is -0.477 e. The normalized spacial score (nSPS) is 10.3. The third kappa shape index (κ3) is 7.63. The molecule has 0 aromatic rings. The molecule has 0 radical (unpaired) electrons. The Hall–Kier alpha value is 1.63. The molecule has 0 bridgehead atoms. The summed E-state index contributed by atoms with van der Waals surface area (Å²) in [4.78, 5) is 3.55. The van der Waals surface area contributed by atoms with E-state index >= 15 is 0 Å². The number of nitrogens with zero attached hydrogens (tertiary/aromatic N) is 1. The first-order valence-corrected chi connectivity index (χ1v) is 2.76. The van der Waals surface area contributed by atoms with Gasteiger partial charge in [0.15, 0.2) is 0 Å². The maximum atomic E-state index is 6.78. The van der Waals surface area contributed by atoms with E-state index in [9.17, 15) is 0 Å². The van der Waals surface area contributed by atoms with Gasteiger partial charge in [-0.1, -0.05) is 7.05 Å². The van der Waals surface area contributed by atoms with E-state index in [1.54, 1.807) is 7.05 Å². The van der Waals surface area contributed by atoms with E-state index in [2.05, 4.69) is 4.99 Å². The first-order chi connectivity index (χ1) is 2.81. The van der Waals surface area contributed by atoms with Crippen molar-refractivity contribution in [2.45, 2.75) is 0 Å². The van der Waals surface area contributed by atoms with Crippen LogP contribution >= 0.6 is 11.8 Å². The van der Waals surface area contributed by atoms with Crippen molar-refractivity contribution in [3.8, 4) is 0 Å². The Morgan fingerprint density at radius 2 is 2.14 bits per heavy atom. The van der Waals surface area contributed by atoms with E-state index in [0.717, 1.165) is 0 Å².